The summed E-state index contributed by atoms with van der Waals surface area (Å²) in [6.45, 7) is 2.48. The minimum Gasteiger partial charge on any atom is -0.465 e. The first kappa shape index (κ1) is 21.6. The predicted octanol–water partition coefficient (Wildman–Crippen LogP) is 3.02. The summed E-state index contributed by atoms with van der Waals surface area (Å²) in [7, 11) is 0. The lowest BCUT2D eigenvalue weighted by molar-refractivity contribution is -0.0215. The average Bonchev–Trinajstić information content (AvgIpc) is 3.04. The van der Waals surface area contributed by atoms with Gasteiger partial charge < -0.3 is 24.9 Å². The number of amides is 3. The molecule has 4 rings (SSSR count). The second-order valence-corrected chi connectivity index (χ2v) is 7.66. The van der Waals surface area contributed by atoms with Crippen LogP contribution in [-0.2, 0) is 11.2 Å². The van der Waals surface area contributed by atoms with Gasteiger partial charge in [-0.1, -0.05) is 0 Å². The number of aromatic nitrogens is 2. The zero-order chi connectivity index (χ0) is 23.0. The molecule has 2 aromatic heterocycles. The molecule has 1 aliphatic heterocycles. The molecular weight excluding hydrogens is 424 g/mol. The van der Waals surface area contributed by atoms with Crippen molar-refractivity contribution in [3.05, 3.63) is 53.0 Å². The number of fused-ring (bicyclic) bond motifs is 1. The van der Waals surface area contributed by atoms with Gasteiger partial charge in [0.25, 0.3) is 0 Å². The van der Waals surface area contributed by atoms with Gasteiger partial charge in [-0.3, -0.25) is 0 Å². The van der Waals surface area contributed by atoms with Crippen molar-refractivity contribution in [1.29, 1.82) is 0 Å². The second kappa shape index (κ2) is 8.50. The summed E-state index contributed by atoms with van der Waals surface area (Å²) in [5.41, 5.74) is 6.54. The maximum absolute atomic E-state index is 15.0. The van der Waals surface area contributed by atoms with Crippen LogP contribution in [0, 0.1) is 6.92 Å². The highest BCUT2D eigenvalue weighted by atomic mass is 19.1. The first-order valence-electron chi connectivity index (χ1n) is 9.93. The number of carbonyl (C=O) groups excluding carboxylic acids is 1. The van der Waals surface area contributed by atoms with Crippen LogP contribution in [0.1, 0.15) is 23.4 Å². The molecule has 3 heterocycles. The Balaban J connectivity index is 1.78. The van der Waals surface area contributed by atoms with Crippen molar-refractivity contribution in [3.63, 3.8) is 0 Å². The molecular formula is C21H21F2N5O4. The van der Waals surface area contributed by atoms with Gasteiger partial charge in [-0.15, -0.1) is 0 Å². The number of primary amides is 1. The SMILES string of the molecule is Cc1ccn2c(C[C@H]3CN(C(=O)O)CCO3)c(C3=C(F)CC(=NC(N)=O)C=C3F)nc2c1. The fourth-order valence-electron chi connectivity index (χ4n) is 3.93. The molecule has 2 aliphatic rings. The summed E-state index contributed by atoms with van der Waals surface area (Å²) in [6.07, 6.45) is 0.943. The summed E-state index contributed by atoms with van der Waals surface area (Å²) in [6, 6.07) is 2.57. The maximum Gasteiger partial charge on any atom is 0.407 e. The van der Waals surface area contributed by atoms with Crippen LogP contribution in [-0.4, -0.2) is 63.0 Å². The largest absolute Gasteiger partial charge is 0.465 e. The van der Waals surface area contributed by atoms with E-state index in [2.05, 4.69) is 9.98 Å². The number of rotatable bonds is 3. The van der Waals surface area contributed by atoms with Crippen LogP contribution in [0.3, 0.4) is 0 Å². The van der Waals surface area contributed by atoms with E-state index in [4.69, 9.17) is 10.5 Å². The van der Waals surface area contributed by atoms with Crippen molar-refractivity contribution in [2.45, 2.75) is 25.9 Å². The Labute approximate surface area is 181 Å². The van der Waals surface area contributed by atoms with Crippen molar-refractivity contribution in [2.75, 3.05) is 19.7 Å². The van der Waals surface area contributed by atoms with Crippen LogP contribution in [0.4, 0.5) is 18.4 Å². The molecule has 1 saturated heterocycles. The third-order valence-electron chi connectivity index (χ3n) is 5.34. The third-order valence-corrected chi connectivity index (χ3v) is 5.34. The van der Waals surface area contributed by atoms with Crippen LogP contribution in [0.5, 0.6) is 0 Å². The number of carboxylic acid groups (broad SMARTS) is 1. The lowest BCUT2D eigenvalue weighted by atomic mass is 9.97. The van der Waals surface area contributed by atoms with Crippen molar-refractivity contribution < 1.29 is 28.2 Å². The number of carbonyl (C=O) groups is 2. The molecule has 0 unspecified atom stereocenters. The van der Waals surface area contributed by atoms with Gasteiger partial charge in [0.05, 0.1) is 41.9 Å². The van der Waals surface area contributed by atoms with Gasteiger partial charge in [-0.25, -0.2) is 23.4 Å². The fourth-order valence-corrected chi connectivity index (χ4v) is 3.93. The lowest BCUT2D eigenvalue weighted by Crippen LogP contribution is -2.45. The van der Waals surface area contributed by atoms with Crippen molar-refractivity contribution in [1.82, 2.24) is 14.3 Å². The number of allylic oxidation sites excluding steroid dienone is 4. The number of pyridine rings is 1. The molecule has 3 N–H and O–H groups in total. The lowest BCUT2D eigenvalue weighted by Gasteiger charge is -2.31. The van der Waals surface area contributed by atoms with E-state index in [1.807, 2.05) is 13.0 Å². The molecule has 0 radical (unpaired) electrons. The van der Waals surface area contributed by atoms with Crippen molar-refractivity contribution >= 4 is 29.1 Å². The quantitative estimate of drug-likeness (QED) is 0.752. The Bertz CT molecular complexity index is 1200. The number of hydrogen-bond acceptors (Lipinski definition) is 4. The number of ether oxygens (including phenoxy) is 1. The normalized spacial score (nSPS) is 20.7. The molecule has 1 aliphatic carbocycles. The van der Waals surface area contributed by atoms with Gasteiger partial charge in [-0.2, -0.15) is 4.99 Å². The number of nitrogens with zero attached hydrogens (tertiary/aromatic N) is 4. The van der Waals surface area contributed by atoms with Crippen LogP contribution < -0.4 is 5.73 Å². The zero-order valence-electron chi connectivity index (χ0n) is 17.2. The van der Waals surface area contributed by atoms with Crippen molar-refractivity contribution in [2.24, 2.45) is 10.7 Å². The highest BCUT2D eigenvalue weighted by molar-refractivity contribution is 6.07. The van der Waals surface area contributed by atoms with Gasteiger partial charge in [0.1, 0.15) is 17.3 Å². The van der Waals surface area contributed by atoms with E-state index in [1.165, 1.54) is 4.90 Å². The van der Waals surface area contributed by atoms with Crippen LogP contribution in [0.2, 0.25) is 0 Å². The number of halogens is 2. The van der Waals surface area contributed by atoms with E-state index in [-0.39, 0.29) is 43.1 Å². The van der Waals surface area contributed by atoms with Crippen molar-refractivity contribution in [3.8, 4) is 0 Å². The zero-order valence-corrected chi connectivity index (χ0v) is 17.2. The number of imidazole rings is 1. The fraction of sp³-hybridized carbons (Fsp3) is 0.333. The van der Waals surface area contributed by atoms with E-state index in [0.29, 0.717) is 11.3 Å². The number of urea groups is 1. The summed E-state index contributed by atoms with van der Waals surface area (Å²) in [4.78, 5) is 31.5. The predicted molar refractivity (Wildman–Crippen MR) is 112 cm³/mol. The van der Waals surface area contributed by atoms with Gasteiger partial charge in [0.2, 0.25) is 0 Å². The number of morpholine rings is 1. The average molecular weight is 445 g/mol. The highest BCUT2D eigenvalue weighted by Gasteiger charge is 2.30. The second-order valence-electron chi connectivity index (χ2n) is 7.66. The molecule has 32 heavy (non-hydrogen) atoms. The van der Waals surface area contributed by atoms with E-state index in [9.17, 15) is 19.1 Å². The first-order chi connectivity index (χ1) is 15.2. The number of hydrogen-bond donors (Lipinski definition) is 2. The highest BCUT2D eigenvalue weighted by Crippen LogP contribution is 2.36. The molecule has 0 bridgehead atoms. The molecule has 0 spiro atoms. The molecule has 11 heteroatoms. The smallest absolute Gasteiger partial charge is 0.407 e. The summed E-state index contributed by atoms with van der Waals surface area (Å²) >= 11 is 0. The molecule has 1 fully saturated rings. The molecule has 3 amide bonds. The summed E-state index contributed by atoms with van der Waals surface area (Å²) in [5.74, 6) is -1.75. The first-order valence-corrected chi connectivity index (χ1v) is 9.93. The minimum absolute atomic E-state index is 0.0935. The Morgan fingerprint density at radius 2 is 2.19 bits per heavy atom. The minimum atomic E-state index is -1.05. The summed E-state index contributed by atoms with van der Waals surface area (Å²) in [5, 5.41) is 9.29. The standard InChI is InChI=1S/C21H21F2N5O4/c1-11-2-3-28-16(9-13-10-27(21(30)31)4-5-32-13)19(26-17(28)6-11)18-14(22)7-12(8-15(18)23)25-20(24)29/h2-3,6-7,13H,4-5,8-10H2,1H3,(H2,24,29)(H,30,31)/t13-/m0/s1. The maximum atomic E-state index is 15.0. The van der Waals surface area contributed by atoms with Crippen LogP contribution >= 0.6 is 0 Å². The van der Waals surface area contributed by atoms with Gasteiger partial charge >= 0.3 is 12.1 Å². The molecule has 1 atom stereocenters. The number of aryl methyl sites for hydroxylation is 1. The molecule has 168 valence electrons. The van der Waals surface area contributed by atoms with E-state index < -0.39 is 36.3 Å². The topological polar surface area (TPSA) is 123 Å². The molecule has 0 saturated carbocycles. The van der Waals surface area contributed by atoms with E-state index in [0.717, 1.165) is 11.6 Å². The Hall–Kier alpha value is -3.60. The third kappa shape index (κ3) is 4.24. The van der Waals surface area contributed by atoms with Crippen LogP contribution in [0.15, 0.2) is 41.1 Å². The van der Waals surface area contributed by atoms with E-state index >= 15 is 4.39 Å². The molecule has 2 aromatic rings. The summed E-state index contributed by atoms with van der Waals surface area (Å²) < 4.78 is 37.4. The van der Waals surface area contributed by atoms with Gasteiger partial charge in [0, 0.05) is 25.6 Å². The van der Waals surface area contributed by atoms with Gasteiger partial charge in [0.15, 0.2) is 0 Å². The van der Waals surface area contributed by atoms with Crippen LogP contribution in [0.25, 0.3) is 11.2 Å². The Kier molecular flexibility index (Phi) is 5.74. The molecule has 9 nitrogen and oxygen atoms in total. The Morgan fingerprint density at radius 1 is 1.41 bits per heavy atom. The Morgan fingerprint density at radius 3 is 2.88 bits per heavy atom. The number of aliphatic imine (C=N–C) groups is 1. The number of nitrogens with two attached hydrogens (primary N) is 1. The van der Waals surface area contributed by atoms with Gasteiger partial charge in [-0.05, 0) is 30.7 Å². The molecule has 0 aromatic carbocycles. The monoisotopic (exact) mass is 445 g/mol. The van der Waals surface area contributed by atoms with E-state index in [1.54, 1.807) is 16.7 Å².